The third-order valence-electron chi connectivity index (χ3n) is 2.24. The van der Waals surface area contributed by atoms with E-state index in [1.54, 1.807) is 26.0 Å². The van der Waals surface area contributed by atoms with Crippen LogP contribution in [0.15, 0.2) is 23.1 Å². The van der Waals surface area contributed by atoms with Crippen LogP contribution in [0.25, 0.3) is 0 Å². The van der Waals surface area contributed by atoms with Gasteiger partial charge >= 0.3 is 0 Å². The highest BCUT2D eigenvalue weighted by molar-refractivity contribution is 7.98. The molecule has 0 amide bonds. The summed E-state index contributed by atoms with van der Waals surface area (Å²) in [5.74, 6) is 1.48. The molecule has 0 aliphatic heterocycles. The van der Waals surface area contributed by atoms with Crippen LogP contribution in [0.2, 0.25) is 0 Å². The molecule has 0 saturated heterocycles. The average molecular weight is 272 g/mol. The molecule has 102 valence electrons. The molecule has 0 heterocycles. The first-order valence-corrected chi connectivity index (χ1v) is 6.95. The summed E-state index contributed by atoms with van der Waals surface area (Å²) in [6, 6.07) is 5.90. The van der Waals surface area contributed by atoms with Gasteiger partial charge in [0.15, 0.2) is 11.5 Å². The molecule has 0 fully saturated rings. The fourth-order valence-corrected chi connectivity index (χ4v) is 1.75. The average Bonchev–Trinajstić information content (AvgIpc) is 2.40. The molecule has 0 radical (unpaired) electrons. The monoisotopic (exact) mass is 272 g/mol. The number of methoxy groups -OCH3 is 2. The van der Waals surface area contributed by atoms with Gasteiger partial charge in [0.05, 0.1) is 13.2 Å². The summed E-state index contributed by atoms with van der Waals surface area (Å²) >= 11 is 1.67. The first-order chi connectivity index (χ1) is 8.81. The van der Waals surface area contributed by atoms with Crippen molar-refractivity contribution in [3.8, 4) is 11.5 Å². The van der Waals surface area contributed by atoms with Gasteiger partial charge in [-0.15, -0.1) is 11.8 Å². The highest BCUT2D eigenvalue weighted by atomic mass is 32.2. The summed E-state index contributed by atoms with van der Waals surface area (Å²) in [6.07, 6.45) is 2.03. The van der Waals surface area contributed by atoms with E-state index in [-0.39, 0.29) is 0 Å². The molecule has 0 N–H and O–H groups in total. The largest absolute Gasteiger partial charge is 0.487 e. The van der Waals surface area contributed by atoms with Gasteiger partial charge in [-0.1, -0.05) is 0 Å². The third kappa shape index (κ3) is 5.16. The Kier molecular flexibility index (Phi) is 7.64. The van der Waals surface area contributed by atoms with Crippen molar-refractivity contribution in [1.29, 1.82) is 0 Å². The molecule has 1 aromatic rings. The summed E-state index contributed by atoms with van der Waals surface area (Å²) in [5.41, 5.74) is 0. The molecule has 0 atom stereocenters. The Morgan fingerprint density at radius 3 is 2.06 bits per heavy atom. The first-order valence-electron chi connectivity index (χ1n) is 5.73. The molecule has 5 heteroatoms. The van der Waals surface area contributed by atoms with Gasteiger partial charge in [-0.05, 0) is 24.5 Å². The maximum absolute atomic E-state index is 5.65. The Morgan fingerprint density at radius 1 is 0.889 bits per heavy atom. The van der Waals surface area contributed by atoms with Gasteiger partial charge in [-0.2, -0.15) is 0 Å². The van der Waals surface area contributed by atoms with Crippen molar-refractivity contribution < 1.29 is 18.9 Å². The second-order valence-electron chi connectivity index (χ2n) is 3.50. The van der Waals surface area contributed by atoms with Crippen LogP contribution in [-0.2, 0) is 9.47 Å². The van der Waals surface area contributed by atoms with Gasteiger partial charge in [0.2, 0.25) is 0 Å². The topological polar surface area (TPSA) is 36.9 Å². The Hall–Kier alpha value is -0.910. The van der Waals surface area contributed by atoms with Gasteiger partial charge in [-0.3, -0.25) is 0 Å². The standard InChI is InChI=1S/C13H20O4S/c1-14-6-8-16-12-5-4-11(18-3)10-13(12)17-9-7-15-2/h4-5,10H,6-9H2,1-3H3. The lowest BCUT2D eigenvalue weighted by Gasteiger charge is -2.13. The molecular weight excluding hydrogens is 252 g/mol. The lowest BCUT2D eigenvalue weighted by molar-refractivity contribution is 0.132. The summed E-state index contributed by atoms with van der Waals surface area (Å²) in [5, 5.41) is 0. The normalized spacial score (nSPS) is 10.4. The Balaban J connectivity index is 2.66. The fraction of sp³-hybridized carbons (Fsp3) is 0.538. The van der Waals surface area contributed by atoms with Crippen LogP contribution in [0.5, 0.6) is 11.5 Å². The minimum atomic E-state index is 0.509. The van der Waals surface area contributed by atoms with Crippen LogP contribution in [-0.4, -0.2) is 46.9 Å². The molecule has 0 aliphatic rings. The molecule has 4 nitrogen and oxygen atoms in total. The minimum Gasteiger partial charge on any atom is -0.487 e. The maximum atomic E-state index is 5.65. The predicted octanol–water partition coefficient (Wildman–Crippen LogP) is 2.46. The van der Waals surface area contributed by atoms with Crippen molar-refractivity contribution in [3.63, 3.8) is 0 Å². The molecule has 18 heavy (non-hydrogen) atoms. The molecule has 1 aromatic carbocycles. The summed E-state index contributed by atoms with van der Waals surface area (Å²) in [4.78, 5) is 1.14. The molecular formula is C13H20O4S. The number of ether oxygens (including phenoxy) is 4. The van der Waals surface area contributed by atoms with Gasteiger partial charge in [-0.25, -0.2) is 0 Å². The first kappa shape index (κ1) is 15.1. The summed E-state index contributed by atoms with van der Waals surface area (Å²) < 4.78 is 21.2. The lowest BCUT2D eigenvalue weighted by Crippen LogP contribution is -2.08. The molecule has 0 aliphatic carbocycles. The Morgan fingerprint density at radius 2 is 1.50 bits per heavy atom. The number of thioether (sulfide) groups is 1. The molecule has 0 spiro atoms. The number of rotatable bonds is 9. The second-order valence-corrected chi connectivity index (χ2v) is 4.37. The highest BCUT2D eigenvalue weighted by Crippen LogP contribution is 2.31. The second kappa shape index (κ2) is 9.08. The summed E-state index contributed by atoms with van der Waals surface area (Å²) in [7, 11) is 3.30. The van der Waals surface area contributed by atoms with Crippen molar-refractivity contribution in [2.24, 2.45) is 0 Å². The summed E-state index contributed by atoms with van der Waals surface area (Å²) in [6.45, 7) is 2.13. The van der Waals surface area contributed by atoms with Crippen molar-refractivity contribution in [3.05, 3.63) is 18.2 Å². The SMILES string of the molecule is COCCOc1ccc(SC)cc1OCCOC. The van der Waals surface area contributed by atoms with E-state index in [1.807, 2.05) is 24.5 Å². The van der Waals surface area contributed by atoms with Gasteiger partial charge in [0.25, 0.3) is 0 Å². The maximum Gasteiger partial charge on any atom is 0.162 e. The molecule has 0 saturated carbocycles. The van der Waals surface area contributed by atoms with E-state index in [9.17, 15) is 0 Å². The van der Waals surface area contributed by atoms with Crippen molar-refractivity contribution in [1.82, 2.24) is 0 Å². The van der Waals surface area contributed by atoms with Crippen LogP contribution in [0.4, 0.5) is 0 Å². The number of hydrogen-bond acceptors (Lipinski definition) is 5. The van der Waals surface area contributed by atoms with Gasteiger partial charge in [0, 0.05) is 19.1 Å². The quantitative estimate of drug-likeness (QED) is 0.510. The van der Waals surface area contributed by atoms with E-state index in [0.717, 1.165) is 16.4 Å². The number of benzene rings is 1. The fourth-order valence-electron chi connectivity index (χ4n) is 1.32. The van der Waals surface area contributed by atoms with Crippen LogP contribution >= 0.6 is 11.8 Å². The van der Waals surface area contributed by atoms with E-state index in [4.69, 9.17) is 18.9 Å². The van der Waals surface area contributed by atoms with Crippen LogP contribution in [0.1, 0.15) is 0 Å². The van der Waals surface area contributed by atoms with E-state index in [2.05, 4.69) is 0 Å². The van der Waals surface area contributed by atoms with Crippen LogP contribution in [0, 0.1) is 0 Å². The zero-order valence-corrected chi connectivity index (χ0v) is 11.9. The van der Waals surface area contributed by atoms with Gasteiger partial charge in [0.1, 0.15) is 13.2 Å². The molecule has 0 bridgehead atoms. The smallest absolute Gasteiger partial charge is 0.162 e. The molecule has 0 unspecified atom stereocenters. The van der Waals surface area contributed by atoms with Crippen LogP contribution < -0.4 is 9.47 Å². The lowest BCUT2D eigenvalue weighted by atomic mass is 10.3. The zero-order chi connectivity index (χ0) is 13.2. The van der Waals surface area contributed by atoms with Crippen molar-refractivity contribution in [2.45, 2.75) is 4.90 Å². The zero-order valence-electron chi connectivity index (χ0n) is 11.1. The van der Waals surface area contributed by atoms with Crippen molar-refractivity contribution in [2.75, 3.05) is 46.9 Å². The molecule has 0 aromatic heterocycles. The van der Waals surface area contributed by atoms with Crippen LogP contribution in [0.3, 0.4) is 0 Å². The van der Waals surface area contributed by atoms with Gasteiger partial charge < -0.3 is 18.9 Å². The Bertz CT molecular complexity index is 344. The minimum absolute atomic E-state index is 0.509. The van der Waals surface area contributed by atoms with E-state index in [0.29, 0.717) is 26.4 Å². The van der Waals surface area contributed by atoms with E-state index >= 15 is 0 Å². The highest BCUT2D eigenvalue weighted by Gasteiger charge is 2.06. The van der Waals surface area contributed by atoms with E-state index in [1.165, 1.54) is 0 Å². The van der Waals surface area contributed by atoms with Crippen molar-refractivity contribution >= 4 is 11.8 Å². The number of hydrogen-bond donors (Lipinski definition) is 0. The third-order valence-corrected chi connectivity index (χ3v) is 2.97. The van der Waals surface area contributed by atoms with E-state index < -0.39 is 0 Å². The predicted molar refractivity (Wildman–Crippen MR) is 73.0 cm³/mol. The molecule has 1 rings (SSSR count). The Labute approximate surface area is 113 Å².